The van der Waals surface area contributed by atoms with Crippen molar-refractivity contribution in [2.24, 2.45) is 5.92 Å². The van der Waals surface area contributed by atoms with Crippen LogP contribution in [0.15, 0.2) is 39.9 Å². The van der Waals surface area contributed by atoms with E-state index in [1.807, 2.05) is 21.0 Å². The number of rotatable bonds is 7. The smallest absolute Gasteiger partial charge is 0.271 e. The van der Waals surface area contributed by atoms with Crippen molar-refractivity contribution in [1.29, 1.82) is 0 Å². The minimum absolute atomic E-state index is 0.0119. The Hall–Kier alpha value is -2.18. The zero-order valence-electron chi connectivity index (χ0n) is 22.9. The van der Waals surface area contributed by atoms with Gasteiger partial charge in [-0.05, 0) is 76.9 Å². The summed E-state index contributed by atoms with van der Waals surface area (Å²) in [6.45, 7) is 7.29. The normalized spacial score (nSPS) is 22.9. The van der Waals surface area contributed by atoms with E-state index in [0.29, 0.717) is 25.4 Å². The number of aliphatic hydroxyl groups excluding tert-OH is 1. The molecule has 212 valence electrons. The molecule has 9 nitrogen and oxygen atoms in total. The lowest BCUT2D eigenvalue weighted by Gasteiger charge is -2.35. The lowest BCUT2D eigenvalue weighted by atomic mass is 10.0. The number of carbonyl (C=O) groups excluding carboxylic acids is 1. The zero-order chi connectivity index (χ0) is 27.9. The van der Waals surface area contributed by atoms with E-state index in [9.17, 15) is 18.3 Å². The van der Waals surface area contributed by atoms with Gasteiger partial charge in [-0.15, -0.1) is 11.3 Å². The predicted molar refractivity (Wildman–Crippen MR) is 151 cm³/mol. The van der Waals surface area contributed by atoms with Gasteiger partial charge in [-0.1, -0.05) is 13.0 Å². The minimum Gasteiger partial charge on any atom is -0.490 e. The van der Waals surface area contributed by atoms with Crippen molar-refractivity contribution >= 4 is 33.0 Å². The van der Waals surface area contributed by atoms with Crippen LogP contribution in [0.25, 0.3) is 0 Å². The third-order valence-electron chi connectivity index (χ3n) is 6.61. The monoisotopic (exact) mass is 567 g/mol. The van der Waals surface area contributed by atoms with Crippen molar-refractivity contribution in [3.8, 4) is 5.75 Å². The van der Waals surface area contributed by atoms with E-state index < -0.39 is 16.1 Å². The summed E-state index contributed by atoms with van der Waals surface area (Å²) in [5, 5.41) is 11.7. The first-order valence-electron chi connectivity index (χ1n) is 13.1. The molecular weight excluding hydrogens is 526 g/mol. The number of thiophene rings is 1. The molecule has 2 N–H and O–H groups in total. The highest BCUT2D eigenvalue weighted by molar-refractivity contribution is 7.94. The molecule has 0 radical (unpaired) electrons. The Kier molecular flexibility index (Phi) is 11.0. The zero-order valence-corrected chi connectivity index (χ0v) is 24.6. The van der Waals surface area contributed by atoms with Gasteiger partial charge in [-0.25, -0.2) is 8.42 Å². The Morgan fingerprint density at radius 3 is 2.66 bits per heavy atom. The molecule has 11 heteroatoms. The van der Waals surface area contributed by atoms with E-state index in [1.165, 1.54) is 12.1 Å². The summed E-state index contributed by atoms with van der Waals surface area (Å²) in [5.74, 6) is 0.0445. The van der Waals surface area contributed by atoms with Crippen molar-refractivity contribution in [2.45, 2.75) is 62.5 Å². The number of nitrogens with one attached hydrogen (secondary N) is 1. The highest BCUT2D eigenvalue weighted by Gasteiger charge is 2.30. The Labute approximate surface area is 230 Å². The number of benzene rings is 1. The fourth-order valence-corrected chi connectivity index (χ4v) is 6.47. The summed E-state index contributed by atoms with van der Waals surface area (Å²) in [5.41, 5.74) is 0.513. The third kappa shape index (κ3) is 8.16. The molecule has 3 rings (SSSR count). The molecule has 0 fully saturated rings. The maximum absolute atomic E-state index is 14.0. The largest absolute Gasteiger partial charge is 0.490 e. The van der Waals surface area contributed by atoms with Gasteiger partial charge in [0.2, 0.25) is 0 Å². The number of hydrogen-bond acceptors (Lipinski definition) is 8. The summed E-state index contributed by atoms with van der Waals surface area (Å²) in [7, 11) is 0.195. The van der Waals surface area contributed by atoms with Crippen molar-refractivity contribution in [3.05, 3.63) is 41.3 Å². The molecule has 4 atom stereocenters. The topological polar surface area (TPSA) is 108 Å². The van der Waals surface area contributed by atoms with Gasteiger partial charge in [-0.3, -0.25) is 9.52 Å². The fourth-order valence-electron chi connectivity index (χ4n) is 4.43. The van der Waals surface area contributed by atoms with Gasteiger partial charge in [-0.2, -0.15) is 0 Å². The fraction of sp³-hybridized carbons (Fsp3) is 0.593. The number of anilines is 1. The Morgan fingerprint density at radius 2 is 2.00 bits per heavy atom. The van der Waals surface area contributed by atoms with Gasteiger partial charge in [0, 0.05) is 31.3 Å². The molecule has 0 bridgehead atoms. The van der Waals surface area contributed by atoms with E-state index >= 15 is 0 Å². The molecule has 2 heterocycles. The lowest BCUT2D eigenvalue weighted by Crippen LogP contribution is -2.47. The Bertz CT molecular complexity index is 1140. The number of fused-ring (bicyclic) bond motifs is 1. The summed E-state index contributed by atoms with van der Waals surface area (Å²) >= 11 is 1.12. The van der Waals surface area contributed by atoms with Crippen LogP contribution in [0.4, 0.5) is 5.69 Å². The molecule has 1 amide bonds. The molecule has 1 aromatic heterocycles. The second kappa shape index (κ2) is 13.7. The Balaban J connectivity index is 2.01. The first-order chi connectivity index (χ1) is 18.0. The maximum atomic E-state index is 14.0. The molecule has 0 aliphatic carbocycles. The van der Waals surface area contributed by atoms with Crippen LogP contribution < -0.4 is 9.46 Å². The van der Waals surface area contributed by atoms with Gasteiger partial charge < -0.3 is 24.4 Å². The first-order valence-corrected chi connectivity index (χ1v) is 15.4. The molecule has 38 heavy (non-hydrogen) atoms. The second-order valence-electron chi connectivity index (χ2n) is 10.3. The maximum Gasteiger partial charge on any atom is 0.271 e. The number of sulfonamides is 1. The molecule has 2 aromatic rings. The van der Waals surface area contributed by atoms with Gasteiger partial charge in [0.1, 0.15) is 9.96 Å². The van der Waals surface area contributed by atoms with Gasteiger partial charge in [0.15, 0.2) is 0 Å². The van der Waals surface area contributed by atoms with Crippen LogP contribution in [-0.2, 0) is 14.8 Å². The van der Waals surface area contributed by atoms with Crippen molar-refractivity contribution in [2.75, 3.05) is 45.1 Å². The molecule has 0 spiro atoms. The number of hydrogen-bond donors (Lipinski definition) is 2. The number of amides is 1. The van der Waals surface area contributed by atoms with Crippen molar-refractivity contribution in [3.63, 3.8) is 0 Å². The van der Waals surface area contributed by atoms with Crippen LogP contribution in [0.1, 0.15) is 50.4 Å². The quantitative estimate of drug-likeness (QED) is 0.522. The average Bonchev–Trinajstić information content (AvgIpc) is 3.42. The molecule has 0 unspecified atom stereocenters. The van der Waals surface area contributed by atoms with E-state index in [4.69, 9.17) is 9.47 Å². The van der Waals surface area contributed by atoms with Crippen LogP contribution in [0.5, 0.6) is 5.75 Å². The molecule has 1 aliphatic heterocycles. The Morgan fingerprint density at radius 1 is 1.24 bits per heavy atom. The average molecular weight is 568 g/mol. The SMILES string of the molecule is C[C@@H]1CCCCO[C@H](CN(C)C)[C@@H](C)CN([C@@H](C)CO)C(=O)c2cc(NS(=O)(=O)c3cccs3)ccc2O1. The summed E-state index contributed by atoms with van der Waals surface area (Å²) in [6.07, 6.45) is 2.36. The molecule has 1 aliphatic rings. The van der Waals surface area contributed by atoms with Crippen molar-refractivity contribution in [1.82, 2.24) is 9.80 Å². The van der Waals surface area contributed by atoms with Crippen LogP contribution in [0, 0.1) is 5.92 Å². The molecular formula is C27H41N3O6S2. The van der Waals surface area contributed by atoms with E-state index in [1.54, 1.807) is 35.4 Å². The van der Waals surface area contributed by atoms with E-state index in [0.717, 1.165) is 30.6 Å². The minimum atomic E-state index is -3.79. The number of ether oxygens (including phenoxy) is 2. The summed E-state index contributed by atoms with van der Waals surface area (Å²) < 4.78 is 40.9. The van der Waals surface area contributed by atoms with Crippen LogP contribution in [-0.4, -0.2) is 87.9 Å². The number of likely N-dealkylation sites (N-methyl/N-ethyl adjacent to an activating group) is 1. The molecule has 0 saturated heterocycles. The van der Waals surface area contributed by atoms with Crippen LogP contribution in [0.2, 0.25) is 0 Å². The van der Waals surface area contributed by atoms with E-state index in [-0.39, 0.29) is 46.1 Å². The number of nitrogens with zero attached hydrogens (tertiary/aromatic N) is 2. The van der Waals surface area contributed by atoms with E-state index in [2.05, 4.69) is 16.5 Å². The standard InChI is InChI=1S/C27H41N3O6S2/c1-19-16-30(20(2)18-31)27(32)23-15-22(28-38(33,34)26-10-8-14-37-26)11-12-24(23)36-21(3)9-6-7-13-35-25(19)17-29(4)5/h8,10-12,14-15,19-21,25,28,31H,6-7,9,13,16-18H2,1-5H3/t19-,20-,21+,25+/m0/s1. The lowest BCUT2D eigenvalue weighted by molar-refractivity contribution is -0.0137. The summed E-state index contributed by atoms with van der Waals surface area (Å²) in [4.78, 5) is 17.7. The predicted octanol–water partition coefficient (Wildman–Crippen LogP) is 3.91. The number of carbonyl (C=O) groups is 1. The first kappa shape index (κ1) is 30.4. The summed E-state index contributed by atoms with van der Waals surface area (Å²) in [6, 6.07) is 7.51. The van der Waals surface area contributed by atoms with Gasteiger partial charge in [0.25, 0.3) is 15.9 Å². The van der Waals surface area contributed by atoms with Crippen LogP contribution >= 0.6 is 11.3 Å². The highest BCUT2D eigenvalue weighted by atomic mass is 32.2. The molecule has 0 saturated carbocycles. The van der Waals surface area contributed by atoms with Crippen molar-refractivity contribution < 1.29 is 27.8 Å². The van der Waals surface area contributed by atoms with Crippen LogP contribution in [0.3, 0.4) is 0 Å². The number of aliphatic hydroxyl groups is 1. The second-order valence-corrected chi connectivity index (χ2v) is 13.2. The molecule has 1 aromatic carbocycles. The highest BCUT2D eigenvalue weighted by Crippen LogP contribution is 2.30. The third-order valence-corrected chi connectivity index (χ3v) is 9.39. The van der Waals surface area contributed by atoms with Gasteiger partial charge in [0.05, 0.1) is 30.4 Å². The van der Waals surface area contributed by atoms with Gasteiger partial charge >= 0.3 is 0 Å².